The first-order valence-corrected chi connectivity index (χ1v) is 6.45. The summed E-state index contributed by atoms with van der Waals surface area (Å²) < 4.78 is 5.51. The van der Waals surface area contributed by atoms with Gasteiger partial charge in [0.2, 0.25) is 5.91 Å². The number of rotatable bonds is 7. The van der Waals surface area contributed by atoms with Gasteiger partial charge in [-0.2, -0.15) is 0 Å². The fraction of sp³-hybridized carbons (Fsp3) is 0.500. The molecule has 4 nitrogen and oxygen atoms in total. The van der Waals surface area contributed by atoms with E-state index < -0.39 is 0 Å². The minimum absolute atomic E-state index is 0.0346. The van der Waals surface area contributed by atoms with Gasteiger partial charge in [0.05, 0.1) is 12.5 Å². The van der Waals surface area contributed by atoms with Gasteiger partial charge in [0, 0.05) is 18.3 Å². The minimum atomic E-state index is -0.134. The van der Waals surface area contributed by atoms with E-state index in [9.17, 15) is 4.79 Å². The quantitative estimate of drug-likeness (QED) is 0.781. The van der Waals surface area contributed by atoms with Crippen LogP contribution < -0.4 is 15.8 Å². The summed E-state index contributed by atoms with van der Waals surface area (Å²) in [5, 5.41) is 2.86. The second kappa shape index (κ2) is 7.71. The molecule has 1 amide bonds. The maximum absolute atomic E-state index is 11.9. The predicted molar refractivity (Wildman–Crippen MR) is 73.7 cm³/mol. The number of amides is 1. The number of nitrogens with two attached hydrogens (primary N) is 1. The van der Waals surface area contributed by atoms with E-state index in [1.54, 1.807) is 0 Å². The molecule has 0 bridgehead atoms. The summed E-state index contributed by atoms with van der Waals surface area (Å²) in [4.78, 5) is 11.9. The molecule has 4 heteroatoms. The molecule has 1 aromatic rings. The Balaban J connectivity index is 2.63. The average molecular weight is 250 g/mol. The highest BCUT2D eigenvalue weighted by atomic mass is 16.5. The molecule has 100 valence electrons. The van der Waals surface area contributed by atoms with Crippen molar-refractivity contribution in [2.24, 2.45) is 11.7 Å². The normalized spacial score (nSPS) is 11.9. The number of carbonyl (C=O) groups excluding carboxylic acids is 1. The van der Waals surface area contributed by atoms with Crippen molar-refractivity contribution in [3.63, 3.8) is 0 Å². The summed E-state index contributed by atoms with van der Waals surface area (Å²) in [7, 11) is 0. The van der Waals surface area contributed by atoms with Gasteiger partial charge < -0.3 is 15.8 Å². The molecule has 0 spiro atoms. The fourth-order valence-electron chi connectivity index (χ4n) is 1.59. The van der Waals surface area contributed by atoms with E-state index in [4.69, 9.17) is 10.5 Å². The summed E-state index contributed by atoms with van der Waals surface area (Å²) in [5.74, 6) is 0.605. The zero-order chi connectivity index (χ0) is 13.4. The molecule has 0 saturated heterocycles. The molecule has 0 heterocycles. The molecular weight excluding hydrogens is 228 g/mol. The lowest BCUT2D eigenvalue weighted by molar-refractivity contribution is -0.119. The van der Waals surface area contributed by atoms with Crippen molar-refractivity contribution < 1.29 is 9.53 Å². The Morgan fingerprint density at radius 3 is 2.83 bits per heavy atom. The molecule has 1 rings (SSSR count). The molecule has 0 aliphatic heterocycles. The second-order valence-corrected chi connectivity index (χ2v) is 4.21. The van der Waals surface area contributed by atoms with Crippen LogP contribution in [-0.2, 0) is 4.79 Å². The largest absolute Gasteiger partial charge is 0.494 e. The smallest absolute Gasteiger partial charge is 0.228 e. The Labute approximate surface area is 109 Å². The highest BCUT2D eigenvalue weighted by molar-refractivity contribution is 5.92. The van der Waals surface area contributed by atoms with Crippen molar-refractivity contribution in [2.75, 3.05) is 18.5 Å². The third-order valence-electron chi connectivity index (χ3n) is 2.72. The number of hydrogen-bond acceptors (Lipinski definition) is 3. The maximum Gasteiger partial charge on any atom is 0.228 e. The molecule has 0 radical (unpaired) electrons. The first-order chi connectivity index (χ1) is 8.71. The minimum Gasteiger partial charge on any atom is -0.494 e. The van der Waals surface area contributed by atoms with Gasteiger partial charge >= 0.3 is 0 Å². The van der Waals surface area contributed by atoms with Crippen LogP contribution in [0.15, 0.2) is 24.3 Å². The van der Waals surface area contributed by atoms with E-state index in [1.165, 1.54) is 0 Å². The zero-order valence-electron chi connectivity index (χ0n) is 11.1. The molecule has 3 N–H and O–H groups in total. The standard InChI is InChI=1S/C14H22N2O2/c1-3-8-18-13-7-5-6-12(9-13)16-14(17)11(4-2)10-15/h5-7,9,11H,3-4,8,10,15H2,1-2H3,(H,16,17). The van der Waals surface area contributed by atoms with Crippen LogP contribution in [0.1, 0.15) is 26.7 Å². The van der Waals surface area contributed by atoms with Crippen LogP contribution in [0.3, 0.4) is 0 Å². The molecule has 0 saturated carbocycles. The lowest BCUT2D eigenvalue weighted by atomic mass is 10.1. The molecule has 0 aromatic heterocycles. The molecule has 1 atom stereocenters. The van der Waals surface area contributed by atoms with Gasteiger partial charge in [0.15, 0.2) is 0 Å². The highest BCUT2D eigenvalue weighted by Crippen LogP contribution is 2.18. The van der Waals surface area contributed by atoms with E-state index in [0.29, 0.717) is 13.2 Å². The van der Waals surface area contributed by atoms with Crippen LogP contribution in [0.4, 0.5) is 5.69 Å². The number of nitrogens with one attached hydrogen (secondary N) is 1. The van der Waals surface area contributed by atoms with Gasteiger partial charge in [-0.05, 0) is 25.0 Å². The van der Waals surface area contributed by atoms with Crippen molar-refractivity contribution in [3.8, 4) is 5.75 Å². The topological polar surface area (TPSA) is 64.3 Å². The molecular formula is C14H22N2O2. The van der Waals surface area contributed by atoms with Gasteiger partial charge in [0.1, 0.15) is 5.75 Å². The molecule has 1 aromatic carbocycles. The first-order valence-electron chi connectivity index (χ1n) is 6.45. The SMILES string of the molecule is CCCOc1cccc(NC(=O)C(CC)CN)c1. The van der Waals surface area contributed by atoms with Crippen LogP contribution in [0.5, 0.6) is 5.75 Å². The van der Waals surface area contributed by atoms with E-state index in [1.807, 2.05) is 31.2 Å². The number of ether oxygens (including phenoxy) is 1. The van der Waals surface area contributed by atoms with Crippen LogP contribution in [0.2, 0.25) is 0 Å². The van der Waals surface area contributed by atoms with E-state index >= 15 is 0 Å². The lowest BCUT2D eigenvalue weighted by Crippen LogP contribution is -2.28. The van der Waals surface area contributed by atoms with Gasteiger partial charge in [0.25, 0.3) is 0 Å². The van der Waals surface area contributed by atoms with Crippen LogP contribution in [0, 0.1) is 5.92 Å². The molecule has 0 aliphatic carbocycles. The second-order valence-electron chi connectivity index (χ2n) is 4.21. The third-order valence-corrected chi connectivity index (χ3v) is 2.72. The highest BCUT2D eigenvalue weighted by Gasteiger charge is 2.14. The zero-order valence-corrected chi connectivity index (χ0v) is 11.1. The Kier molecular flexibility index (Phi) is 6.22. The van der Waals surface area contributed by atoms with Crippen molar-refractivity contribution in [1.29, 1.82) is 0 Å². The van der Waals surface area contributed by atoms with Crippen LogP contribution in [-0.4, -0.2) is 19.1 Å². The Morgan fingerprint density at radius 2 is 2.22 bits per heavy atom. The van der Waals surface area contributed by atoms with Crippen molar-refractivity contribution in [1.82, 2.24) is 0 Å². The third kappa shape index (κ3) is 4.37. The number of anilines is 1. The fourth-order valence-corrected chi connectivity index (χ4v) is 1.59. The maximum atomic E-state index is 11.9. The summed E-state index contributed by atoms with van der Waals surface area (Å²) in [6.45, 7) is 5.06. The molecule has 0 fully saturated rings. The summed E-state index contributed by atoms with van der Waals surface area (Å²) in [5.41, 5.74) is 6.30. The van der Waals surface area contributed by atoms with E-state index in [2.05, 4.69) is 12.2 Å². The summed E-state index contributed by atoms with van der Waals surface area (Å²) in [6, 6.07) is 7.42. The van der Waals surface area contributed by atoms with Gasteiger partial charge in [-0.15, -0.1) is 0 Å². The number of hydrogen-bond donors (Lipinski definition) is 2. The van der Waals surface area contributed by atoms with Gasteiger partial charge in [-0.25, -0.2) is 0 Å². The Bertz CT molecular complexity index is 376. The summed E-state index contributed by atoms with van der Waals surface area (Å²) >= 11 is 0. The predicted octanol–water partition coefficient (Wildman–Crippen LogP) is 2.40. The summed E-state index contributed by atoms with van der Waals surface area (Å²) in [6.07, 6.45) is 1.70. The average Bonchev–Trinajstić information content (AvgIpc) is 2.38. The van der Waals surface area contributed by atoms with Gasteiger partial charge in [-0.1, -0.05) is 19.9 Å². The van der Waals surface area contributed by atoms with Crippen LogP contribution in [0.25, 0.3) is 0 Å². The lowest BCUT2D eigenvalue weighted by Gasteiger charge is -2.13. The monoisotopic (exact) mass is 250 g/mol. The molecule has 18 heavy (non-hydrogen) atoms. The van der Waals surface area contributed by atoms with E-state index in [0.717, 1.165) is 24.3 Å². The Hall–Kier alpha value is -1.55. The molecule has 1 unspecified atom stereocenters. The molecule has 0 aliphatic rings. The van der Waals surface area contributed by atoms with Crippen LogP contribution >= 0.6 is 0 Å². The number of carbonyl (C=O) groups is 1. The van der Waals surface area contributed by atoms with Crippen molar-refractivity contribution in [2.45, 2.75) is 26.7 Å². The van der Waals surface area contributed by atoms with E-state index in [-0.39, 0.29) is 11.8 Å². The Morgan fingerprint density at radius 1 is 1.44 bits per heavy atom. The first kappa shape index (κ1) is 14.5. The van der Waals surface area contributed by atoms with Crippen molar-refractivity contribution >= 4 is 11.6 Å². The number of benzene rings is 1. The van der Waals surface area contributed by atoms with Gasteiger partial charge in [-0.3, -0.25) is 4.79 Å². The van der Waals surface area contributed by atoms with Crippen molar-refractivity contribution in [3.05, 3.63) is 24.3 Å².